The zero-order chi connectivity index (χ0) is 12.4. The highest BCUT2D eigenvalue weighted by Crippen LogP contribution is 2.25. The number of aromatic amines is 1. The molecule has 3 N–H and O–H groups in total. The summed E-state index contributed by atoms with van der Waals surface area (Å²) in [5, 5.41) is 1.47. The van der Waals surface area contributed by atoms with Crippen LogP contribution in [-0.4, -0.2) is 21.3 Å². The molecule has 2 unspecified atom stereocenters. The van der Waals surface area contributed by atoms with E-state index >= 15 is 0 Å². The predicted molar refractivity (Wildman–Crippen MR) is 74.4 cm³/mol. The van der Waals surface area contributed by atoms with Crippen LogP contribution >= 0.6 is 11.8 Å². The fourth-order valence-electron chi connectivity index (χ4n) is 1.92. The highest BCUT2D eigenvalue weighted by molar-refractivity contribution is 7.99. The van der Waals surface area contributed by atoms with Crippen molar-refractivity contribution in [2.45, 2.75) is 43.6 Å². The van der Waals surface area contributed by atoms with Crippen molar-refractivity contribution in [3.05, 3.63) is 23.8 Å². The summed E-state index contributed by atoms with van der Waals surface area (Å²) in [5.74, 6) is 0. The molecule has 0 radical (unpaired) electrons. The van der Waals surface area contributed by atoms with Crippen molar-refractivity contribution in [2.24, 2.45) is 5.73 Å². The first-order chi connectivity index (χ1) is 8.04. The smallest absolute Gasteiger partial charge is 0.166 e. The van der Waals surface area contributed by atoms with E-state index in [0.717, 1.165) is 22.6 Å². The molecule has 0 bridgehead atoms. The van der Waals surface area contributed by atoms with Crippen LogP contribution in [0.3, 0.4) is 0 Å². The number of rotatable bonds is 4. The molecule has 0 aliphatic rings. The lowest BCUT2D eigenvalue weighted by molar-refractivity contribution is 0.662. The zero-order valence-corrected chi connectivity index (χ0v) is 11.3. The van der Waals surface area contributed by atoms with Gasteiger partial charge in [0.2, 0.25) is 0 Å². The molecule has 0 saturated carbocycles. The van der Waals surface area contributed by atoms with Gasteiger partial charge in [-0.3, -0.25) is 0 Å². The second-order valence-corrected chi connectivity index (χ2v) is 6.13. The number of nitrogens with two attached hydrogens (primary N) is 1. The Morgan fingerprint density at radius 2 is 2.18 bits per heavy atom. The van der Waals surface area contributed by atoms with E-state index in [9.17, 15) is 0 Å². The molecule has 0 fully saturated rings. The zero-order valence-electron chi connectivity index (χ0n) is 10.5. The van der Waals surface area contributed by atoms with Gasteiger partial charge in [-0.25, -0.2) is 4.98 Å². The molecular formula is C13H19N3S. The summed E-state index contributed by atoms with van der Waals surface area (Å²) < 4.78 is 0. The van der Waals surface area contributed by atoms with Crippen LogP contribution in [0.5, 0.6) is 0 Å². The second kappa shape index (κ2) is 5.10. The van der Waals surface area contributed by atoms with Gasteiger partial charge in [0.25, 0.3) is 0 Å². The predicted octanol–water partition coefficient (Wildman–Crippen LogP) is 3.09. The monoisotopic (exact) mass is 249 g/mol. The average molecular weight is 249 g/mol. The van der Waals surface area contributed by atoms with Gasteiger partial charge in [0.1, 0.15) is 0 Å². The van der Waals surface area contributed by atoms with Crippen LogP contribution in [-0.2, 0) is 0 Å². The van der Waals surface area contributed by atoms with Crippen molar-refractivity contribution in [1.82, 2.24) is 9.97 Å². The molecule has 0 amide bonds. The molecule has 0 saturated heterocycles. The lowest BCUT2D eigenvalue weighted by Gasteiger charge is -2.11. The molecule has 0 aliphatic heterocycles. The van der Waals surface area contributed by atoms with Crippen LogP contribution in [0.15, 0.2) is 23.4 Å². The van der Waals surface area contributed by atoms with Crippen LogP contribution in [0.1, 0.15) is 25.8 Å². The summed E-state index contributed by atoms with van der Waals surface area (Å²) in [6.07, 6.45) is 1.00. The van der Waals surface area contributed by atoms with Gasteiger partial charge in [0, 0.05) is 11.3 Å². The normalized spacial score (nSPS) is 15.1. The molecule has 0 spiro atoms. The largest absolute Gasteiger partial charge is 0.333 e. The first-order valence-corrected chi connectivity index (χ1v) is 6.81. The van der Waals surface area contributed by atoms with E-state index in [1.54, 1.807) is 11.8 Å². The Balaban J connectivity index is 2.14. The standard InChI is InChI=1S/C13H19N3S/c1-8-4-5-11-12(6-8)16-13(15-11)17-10(3)7-9(2)14/h4-6,9-10H,7,14H2,1-3H3,(H,15,16). The van der Waals surface area contributed by atoms with E-state index in [0.29, 0.717) is 5.25 Å². The lowest BCUT2D eigenvalue weighted by atomic mass is 10.2. The molecule has 1 heterocycles. The quantitative estimate of drug-likeness (QED) is 0.819. The number of nitrogens with zero attached hydrogens (tertiary/aromatic N) is 1. The van der Waals surface area contributed by atoms with Crippen LogP contribution < -0.4 is 5.73 Å². The maximum atomic E-state index is 5.80. The molecule has 17 heavy (non-hydrogen) atoms. The van der Waals surface area contributed by atoms with E-state index in [1.165, 1.54) is 5.56 Å². The number of thioether (sulfide) groups is 1. The van der Waals surface area contributed by atoms with Gasteiger partial charge in [-0.1, -0.05) is 24.8 Å². The summed E-state index contributed by atoms with van der Waals surface area (Å²) in [4.78, 5) is 7.92. The van der Waals surface area contributed by atoms with Gasteiger partial charge < -0.3 is 10.7 Å². The van der Waals surface area contributed by atoms with Crippen molar-refractivity contribution in [2.75, 3.05) is 0 Å². The molecule has 4 heteroatoms. The molecule has 1 aromatic heterocycles. The first kappa shape index (κ1) is 12.5. The Morgan fingerprint density at radius 1 is 1.41 bits per heavy atom. The van der Waals surface area contributed by atoms with Gasteiger partial charge in [0.05, 0.1) is 11.0 Å². The van der Waals surface area contributed by atoms with Crippen molar-refractivity contribution in [3.63, 3.8) is 0 Å². The molecule has 0 aliphatic carbocycles. The average Bonchev–Trinajstić information content (AvgIpc) is 2.57. The van der Waals surface area contributed by atoms with Gasteiger partial charge >= 0.3 is 0 Å². The summed E-state index contributed by atoms with van der Waals surface area (Å²) >= 11 is 1.76. The van der Waals surface area contributed by atoms with E-state index in [2.05, 4.69) is 42.0 Å². The van der Waals surface area contributed by atoms with E-state index in [4.69, 9.17) is 5.73 Å². The molecule has 2 atom stereocenters. The molecule has 92 valence electrons. The minimum atomic E-state index is 0.240. The Bertz CT molecular complexity index is 504. The SMILES string of the molecule is Cc1ccc2nc(SC(C)CC(C)N)[nH]c2c1. The number of hydrogen-bond acceptors (Lipinski definition) is 3. The molecule has 3 nitrogen and oxygen atoms in total. The van der Waals surface area contributed by atoms with E-state index < -0.39 is 0 Å². The Morgan fingerprint density at radius 3 is 2.88 bits per heavy atom. The van der Waals surface area contributed by atoms with Gasteiger partial charge in [-0.05, 0) is 38.0 Å². The van der Waals surface area contributed by atoms with Crippen LogP contribution in [0.2, 0.25) is 0 Å². The van der Waals surface area contributed by atoms with Crippen molar-refractivity contribution in [3.8, 4) is 0 Å². The summed E-state index contributed by atoms with van der Waals surface area (Å²) in [7, 11) is 0. The fourth-order valence-corrected chi connectivity index (χ4v) is 3.02. The third kappa shape index (κ3) is 3.23. The van der Waals surface area contributed by atoms with Crippen LogP contribution in [0, 0.1) is 6.92 Å². The number of aromatic nitrogens is 2. The summed E-state index contributed by atoms with van der Waals surface area (Å²) in [5.41, 5.74) is 9.19. The van der Waals surface area contributed by atoms with Crippen molar-refractivity contribution < 1.29 is 0 Å². The van der Waals surface area contributed by atoms with E-state index in [-0.39, 0.29) is 6.04 Å². The maximum absolute atomic E-state index is 5.80. The van der Waals surface area contributed by atoms with Crippen LogP contribution in [0.4, 0.5) is 0 Å². The Kier molecular flexibility index (Phi) is 3.74. The minimum absolute atomic E-state index is 0.240. The number of imidazole rings is 1. The van der Waals surface area contributed by atoms with Gasteiger partial charge in [0.15, 0.2) is 5.16 Å². The third-order valence-electron chi connectivity index (χ3n) is 2.63. The molecule has 2 aromatic rings. The van der Waals surface area contributed by atoms with E-state index in [1.807, 2.05) is 6.92 Å². The van der Waals surface area contributed by atoms with Crippen molar-refractivity contribution >= 4 is 22.8 Å². The van der Waals surface area contributed by atoms with Crippen molar-refractivity contribution in [1.29, 1.82) is 0 Å². The topological polar surface area (TPSA) is 54.7 Å². The molecule has 2 rings (SSSR count). The molecular weight excluding hydrogens is 230 g/mol. The number of benzene rings is 1. The number of nitrogens with one attached hydrogen (secondary N) is 1. The highest BCUT2D eigenvalue weighted by atomic mass is 32.2. The second-order valence-electron chi connectivity index (χ2n) is 4.70. The van der Waals surface area contributed by atoms with Crippen LogP contribution in [0.25, 0.3) is 11.0 Å². The fraction of sp³-hybridized carbons (Fsp3) is 0.462. The van der Waals surface area contributed by atoms with Gasteiger partial charge in [-0.15, -0.1) is 0 Å². The van der Waals surface area contributed by atoms with Gasteiger partial charge in [-0.2, -0.15) is 0 Å². The number of hydrogen-bond donors (Lipinski definition) is 2. The maximum Gasteiger partial charge on any atom is 0.166 e. The highest BCUT2D eigenvalue weighted by Gasteiger charge is 2.10. The summed E-state index contributed by atoms with van der Waals surface area (Å²) in [6, 6.07) is 6.51. The Hall–Kier alpha value is -1.00. The minimum Gasteiger partial charge on any atom is -0.333 e. The summed E-state index contributed by atoms with van der Waals surface area (Å²) in [6.45, 7) is 6.32. The number of fused-ring (bicyclic) bond motifs is 1. The lowest BCUT2D eigenvalue weighted by Crippen LogP contribution is -2.19. The number of H-pyrrole nitrogens is 1. The Labute approximate surface area is 106 Å². The molecule has 1 aromatic carbocycles. The first-order valence-electron chi connectivity index (χ1n) is 5.93. The third-order valence-corrected chi connectivity index (χ3v) is 3.64. The number of aryl methyl sites for hydroxylation is 1.